The summed E-state index contributed by atoms with van der Waals surface area (Å²) in [5, 5.41) is 18.4. The molecule has 0 saturated carbocycles. The number of aliphatic hydroxyl groups excluding tert-OH is 1. The minimum absolute atomic E-state index is 0.605. The van der Waals surface area contributed by atoms with Crippen LogP contribution in [-0.4, -0.2) is 46.6 Å². The molecule has 2 N–H and O–H groups in total. The van der Waals surface area contributed by atoms with Crippen molar-refractivity contribution >= 4 is 5.97 Å². The Morgan fingerprint density at radius 3 is 2.60 bits per heavy atom. The summed E-state index contributed by atoms with van der Waals surface area (Å²) >= 11 is 0. The second-order valence-electron chi connectivity index (χ2n) is 3.94. The molecule has 0 amide bonds. The van der Waals surface area contributed by atoms with Gasteiger partial charge in [-0.1, -0.05) is 6.92 Å². The molecule has 1 unspecified atom stereocenters. The number of hydrogen-bond acceptors (Lipinski definition) is 5. The van der Waals surface area contributed by atoms with Crippen molar-refractivity contribution in [2.45, 2.75) is 50.7 Å². The van der Waals surface area contributed by atoms with Crippen molar-refractivity contribution in [1.29, 1.82) is 0 Å². The highest BCUT2D eigenvalue weighted by Gasteiger charge is 2.57. The van der Waals surface area contributed by atoms with Crippen LogP contribution in [0.25, 0.3) is 0 Å². The molecule has 2 aliphatic rings. The van der Waals surface area contributed by atoms with Crippen LogP contribution < -0.4 is 0 Å². The largest absolute Gasteiger partial charge is 0.479 e. The third-order valence-corrected chi connectivity index (χ3v) is 2.83. The van der Waals surface area contributed by atoms with Crippen LogP contribution in [0.5, 0.6) is 0 Å². The molecule has 0 radical (unpaired) electrons. The third kappa shape index (κ3) is 1.63. The minimum atomic E-state index is -1.26. The van der Waals surface area contributed by atoms with Gasteiger partial charge in [-0.25, -0.2) is 4.79 Å². The first-order chi connectivity index (χ1) is 6.97. The molecule has 6 nitrogen and oxygen atoms in total. The van der Waals surface area contributed by atoms with Gasteiger partial charge in [-0.2, -0.15) is 0 Å². The van der Waals surface area contributed by atoms with Crippen LogP contribution in [0.3, 0.4) is 0 Å². The SMILES string of the molecule is CCC1(C)O[C@@H]2O[C@@H](C(=O)O)[C@@H](O)[C@@H]2O1. The Morgan fingerprint density at radius 1 is 1.47 bits per heavy atom. The van der Waals surface area contributed by atoms with E-state index in [2.05, 4.69) is 0 Å². The Labute approximate surface area is 86.7 Å². The fourth-order valence-corrected chi connectivity index (χ4v) is 1.79. The lowest BCUT2D eigenvalue weighted by atomic mass is 10.1. The maximum absolute atomic E-state index is 10.7. The van der Waals surface area contributed by atoms with Gasteiger partial charge in [0, 0.05) is 0 Å². The molecule has 2 aliphatic heterocycles. The molecule has 0 aromatic carbocycles. The highest BCUT2D eigenvalue weighted by atomic mass is 16.8. The summed E-state index contributed by atoms with van der Waals surface area (Å²) in [6.07, 6.45) is -3.34. The van der Waals surface area contributed by atoms with Gasteiger partial charge in [0.25, 0.3) is 0 Å². The Bertz CT molecular complexity index is 280. The van der Waals surface area contributed by atoms with Gasteiger partial charge in [0.2, 0.25) is 0 Å². The van der Waals surface area contributed by atoms with Crippen LogP contribution in [0.15, 0.2) is 0 Å². The molecule has 2 fully saturated rings. The van der Waals surface area contributed by atoms with Gasteiger partial charge < -0.3 is 24.4 Å². The first kappa shape index (κ1) is 10.8. The van der Waals surface area contributed by atoms with Crippen LogP contribution in [0.4, 0.5) is 0 Å². The molecule has 5 atom stereocenters. The zero-order valence-electron chi connectivity index (χ0n) is 8.54. The maximum Gasteiger partial charge on any atom is 0.335 e. The Balaban J connectivity index is 2.10. The molecule has 6 heteroatoms. The number of rotatable bonds is 2. The molecule has 2 heterocycles. The second-order valence-corrected chi connectivity index (χ2v) is 3.94. The van der Waals surface area contributed by atoms with E-state index in [9.17, 15) is 9.90 Å². The molecule has 0 spiro atoms. The van der Waals surface area contributed by atoms with Gasteiger partial charge >= 0.3 is 5.97 Å². The van der Waals surface area contributed by atoms with Gasteiger partial charge in [-0.3, -0.25) is 0 Å². The molecule has 0 aliphatic carbocycles. The van der Waals surface area contributed by atoms with Gasteiger partial charge in [-0.15, -0.1) is 0 Å². The lowest BCUT2D eigenvalue weighted by molar-refractivity contribution is -0.228. The van der Waals surface area contributed by atoms with E-state index in [1.165, 1.54) is 0 Å². The summed E-state index contributed by atoms with van der Waals surface area (Å²) < 4.78 is 15.9. The van der Waals surface area contributed by atoms with Crippen LogP contribution in [-0.2, 0) is 19.0 Å². The summed E-state index contributed by atoms with van der Waals surface area (Å²) in [5.74, 6) is -2.00. The molecule has 2 rings (SSSR count). The predicted octanol–water partition coefficient (Wildman–Crippen LogP) is -0.302. The van der Waals surface area contributed by atoms with Gasteiger partial charge in [0.1, 0.15) is 12.2 Å². The summed E-state index contributed by atoms with van der Waals surface area (Å²) in [7, 11) is 0. The summed E-state index contributed by atoms with van der Waals surface area (Å²) in [6, 6.07) is 0. The van der Waals surface area contributed by atoms with Crippen molar-refractivity contribution in [2.75, 3.05) is 0 Å². The maximum atomic E-state index is 10.7. The average molecular weight is 218 g/mol. The highest BCUT2D eigenvalue weighted by Crippen LogP contribution is 2.39. The number of ether oxygens (including phenoxy) is 3. The predicted molar refractivity (Wildman–Crippen MR) is 47.0 cm³/mol. The van der Waals surface area contributed by atoms with Crippen LogP contribution in [0.2, 0.25) is 0 Å². The summed E-state index contributed by atoms with van der Waals surface area (Å²) in [4.78, 5) is 10.7. The van der Waals surface area contributed by atoms with Crippen molar-refractivity contribution in [2.24, 2.45) is 0 Å². The zero-order chi connectivity index (χ0) is 11.2. The van der Waals surface area contributed by atoms with Crippen LogP contribution in [0.1, 0.15) is 20.3 Å². The van der Waals surface area contributed by atoms with Gasteiger partial charge in [-0.05, 0) is 13.3 Å². The van der Waals surface area contributed by atoms with E-state index in [1.807, 2.05) is 6.92 Å². The van der Waals surface area contributed by atoms with E-state index in [-0.39, 0.29) is 0 Å². The lowest BCUT2D eigenvalue weighted by Crippen LogP contribution is -2.39. The molecule has 0 aromatic rings. The minimum Gasteiger partial charge on any atom is -0.479 e. The van der Waals surface area contributed by atoms with Crippen molar-refractivity contribution < 1.29 is 29.2 Å². The molecular formula is C9H14O6. The first-order valence-electron chi connectivity index (χ1n) is 4.89. The highest BCUT2D eigenvalue weighted by molar-refractivity contribution is 5.73. The van der Waals surface area contributed by atoms with E-state index in [0.29, 0.717) is 6.42 Å². The van der Waals surface area contributed by atoms with E-state index in [1.54, 1.807) is 6.92 Å². The Kier molecular flexibility index (Phi) is 2.46. The van der Waals surface area contributed by atoms with E-state index >= 15 is 0 Å². The van der Waals surface area contributed by atoms with E-state index in [0.717, 1.165) is 0 Å². The van der Waals surface area contributed by atoms with Crippen molar-refractivity contribution in [3.05, 3.63) is 0 Å². The fraction of sp³-hybridized carbons (Fsp3) is 0.889. The van der Waals surface area contributed by atoms with Crippen LogP contribution >= 0.6 is 0 Å². The zero-order valence-corrected chi connectivity index (χ0v) is 8.54. The quantitative estimate of drug-likeness (QED) is 0.661. The summed E-state index contributed by atoms with van der Waals surface area (Å²) in [5.41, 5.74) is 0. The number of hydrogen-bond donors (Lipinski definition) is 2. The van der Waals surface area contributed by atoms with Gasteiger partial charge in [0.15, 0.2) is 18.2 Å². The number of carbonyl (C=O) groups is 1. The van der Waals surface area contributed by atoms with Crippen molar-refractivity contribution in [3.63, 3.8) is 0 Å². The number of carboxylic acid groups (broad SMARTS) is 1. The lowest BCUT2D eigenvalue weighted by Gasteiger charge is -2.24. The fourth-order valence-electron chi connectivity index (χ4n) is 1.79. The number of fused-ring (bicyclic) bond motifs is 1. The number of aliphatic carboxylic acids is 1. The number of aliphatic hydroxyl groups is 1. The normalized spacial score (nSPS) is 49.3. The topological polar surface area (TPSA) is 85.2 Å². The molecule has 15 heavy (non-hydrogen) atoms. The molecular weight excluding hydrogens is 204 g/mol. The third-order valence-electron chi connectivity index (χ3n) is 2.83. The molecule has 86 valence electrons. The molecule has 0 aromatic heterocycles. The van der Waals surface area contributed by atoms with Gasteiger partial charge in [0.05, 0.1) is 0 Å². The molecule has 0 bridgehead atoms. The standard InChI is InChI=1S/C9H14O6/c1-3-9(2)14-6-4(10)5(7(11)12)13-8(6)15-9/h4-6,8,10H,3H2,1-2H3,(H,11,12)/t4-,5-,6+,8+,9?/m1/s1. The van der Waals surface area contributed by atoms with Crippen molar-refractivity contribution in [3.8, 4) is 0 Å². The first-order valence-corrected chi connectivity index (χ1v) is 4.89. The molecule has 2 saturated heterocycles. The van der Waals surface area contributed by atoms with E-state index < -0.39 is 36.4 Å². The second kappa shape index (κ2) is 3.41. The van der Waals surface area contributed by atoms with Crippen LogP contribution in [0, 0.1) is 0 Å². The number of carboxylic acids is 1. The average Bonchev–Trinajstić information content (AvgIpc) is 2.64. The Morgan fingerprint density at radius 2 is 2.13 bits per heavy atom. The smallest absolute Gasteiger partial charge is 0.335 e. The summed E-state index contributed by atoms with van der Waals surface area (Å²) in [6.45, 7) is 3.61. The monoisotopic (exact) mass is 218 g/mol. The Hall–Kier alpha value is -0.690. The van der Waals surface area contributed by atoms with Crippen molar-refractivity contribution in [1.82, 2.24) is 0 Å². The van der Waals surface area contributed by atoms with E-state index in [4.69, 9.17) is 19.3 Å².